The molecule has 29 heavy (non-hydrogen) atoms. The average molecular weight is 440 g/mol. The van der Waals surface area contributed by atoms with Gasteiger partial charge in [0.05, 0.1) is 10.9 Å². The Morgan fingerprint density at radius 1 is 1.03 bits per heavy atom. The van der Waals surface area contributed by atoms with Crippen molar-refractivity contribution in [2.45, 2.75) is 68.7 Å². The monoisotopic (exact) mass is 439 g/mol. The number of carbonyl (C=O) groups excluding carboxylic acids is 1. The summed E-state index contributed by atoms with van der Waals surface area (Å²) in [6.07, 6.45) is 9.02. The van der Waals surface area contributed by atoms with Crippen LogP contribution in [-0.4, -0.2) is 37.8 Å². The molecule has 1 aromatic rings. The molecule has 5 radical (unpaired) electrons. The zero-order valence-corrected chi connectivity index (χ0v) is 18.6. The van der Waals surface area contributed by atoms with Crippen LogP contribution < -0.4 is 5.32 Å². The largest absolute Gasteiger partial charge is 0.354 e. The highest BCUT2D eigenvalue weighted by Crippen LogP contribution is 2.30. The lowest BCUT2D eigenvalue weighted by molar-refractivity contribution is -0.120. The number of amides is 1. The lowest BCUT2D eigenvalue weighted by Crippen LogP contribution is -2.44. The van der Waals surface area contributed by atoms with E-state index in [0.717, 1.165) is 44.4 Å². The van der Waals surface area contributed by atoms with E-state index in [4.69, 9.17) is 11.6 Å². The van der Waals surface area contributed by atoms with E-state index in [9.17, 15) is 13.2 Å². The Morgan fingerprint density at radius 2 is 1.66 bits per heavy atom. The lowest BCUT2D eigenvalue weighted by Gasteiger charge is -2.26. The van der Waals surface area contributed by atoms with Crippen molar-refractivity contribution in [1.29, 1.82) is 0 Å². The number of nitrogens with zero attached hydrogens (tertiary/aromatic N) is 1. The molecule has 2 aliphatic rings. The van der Waals surface area contributed by atoms with E-state index in [-0.39, 0.29) is 36.7 Å². The standard InChI is InChI=1S/C20H28ClN2O3S.2CH2/c21-18-12-6-7-13-19(18)27(25,26)23-14-8-11-17(23)15-22-20(24)16-9-4-2-1-3-5-10-16;;/h6-7,12-13,17H,1-5,8-11,14-15H2,(H,22,24);2*1H2. The van der Waals surface area contributed by atoms with Gasteiger partial charge in [-0.2, -0.15) is 4.31 Å². The van der Waals surface area contributed by atoms with Crippen LogP contribution >= 0.6 is 11.6 Å². The van der Waals surface area contributed by atoms with Gasteiger partial charge >= 0.3 is 0 Å². The Labute approximate surface area is 182 Å². The second-order valence-electron chi connectivity index (χ2n) is 7.42. The number of hydrogen-bond acceptors (Lipinski definition) is 3. The molecule has 0 spiro atoms. The fraction of sp³-hybridized carbons (Fsp3) is 0.545. The van der Waals surface area contributed by atoms with Gasteiger partial charge in [0.15, 0.2) is 0 Å². The topological polar surface area (TPSA) is 66.5 Å². The minimum Gasteiger partial charge on any atom is -0.354 e. The van der Waals surface area contributed by atoms with Crippen molar-refractivity contribution < 1.29 is 13.2 Å². The predicted molar refractivity (Wildman–Crippen MR) is 118 cm³/mol. The van der Waals surface area contributed by atoms with Crippen LogP contribution in [0.3, 0.4) is 0 Å². The minimum atomic E-state index is -3.66. The second kappa shape index (κ2) is 11.9. The third kappa shape index (κ3) is 6.43. The summed E-state index contributed by atoms with van der Waals surface area (Å²) in [6, 6.07) is 6.30. The number of hydrogen-bond donors (Lipinski definition) is 1. The third-order valence-electron chi connectivity index (χ3n) is 5.52. The SMILES string of the molecule is O=C(NCC1CCCN1S(=O)(=O)c1ccccc1Cl)[C]1CCCCCCC1.[CH2].[CH2]. The molecule has 5 nitrogen and oxygen atoms in total. The van der Waals surface area contributed by atoms with Crippen LogP contribution in [0, 0.1) is 20.8 Å². The number of sulfonamides is 1. The second-order valence-corrected chi connectivity index (χ2v) is 9.69. The molecule has 161 valence electrons. The maximum atomic E-state index is 13.0. The van der Waals surface area contributed by atoms with Crippen molar-refractivity contribution in [2.75, 3.05) is 13.1 Å². The molecule has 1 aromatic carbocycles. The molecule has 1 aliphatic carbocycles. The third-order valence-corrected chi connectivity index (χ3v) is 7.97. The van der Waals surface area contributed by atoms with Gasteiger partial charge in [-0.05, 0) is 37.8 Å². The normalized spacial score (nSPS) is 21.3. The van der Waals surface area contributed by atoms with E-state index < -0.39 is 10.0 Å². The first-order valence-corrected chi connectivity index (χ1v) is 11.7. The number of rotatable bonds is 5. The Morgan fingerprint density at radius 3 is 2.31 bits per heavy atom. The Kier molecular flexibility index (Phi) is 10.7. The maximum absolute atomic E-state index is 13.0. The zero-order chi connectivity index (χ0) is 19.3. The predicted octanol–water partition coefficient (Wildman–Crippen LogP) is 4.58. The molecule has 7 heteroatoms. The van der Waals surface area contributed by atoms with E-state index in [0.29, 0.717) is 13.1 Å². The molecule has 1 saturated carbocycles. The van der Waals surface area contributed by atoms with E-state index in [1.54, 1.807) is 18.2 Å². The quantitative estimate of drug-likeness (QED) is 0.729. The molecule has 1 N–H and O–H groups in total. The van der Waals surface area contributed by atoms with Crippen molar-refractivity contribution in [2.24, 2.45) is 0 Å². The summed E-state index contributed by atoms with van der Waals surface area (Å²) < 4.78 is 27.5. The maximum Gasteiger partial charge on any atom is 0.244 e. The van der Waals surface area contributed by atoms with E-state index in [1.165, 1.54) is 29.6 Å². The Hall–Kier alpha value is -1.11. The molecule has 0 aromatic heterocycles. The van der Waals surface area contributed by atoms with E-state index in [1.807, 2.05) is 0 Å². The molecule has 2 fully saturated rings. The highest BCUT2D eigenvalue weighted by Gasteiger charge is 2.36. The summed E-state index contributed by atoms with van der Waals surface area (Å²) in [4.78, 5) is 12.7. The molecule has 1 aliphatic heterocycles. The number of halogens is 1. The fourth-order valence-electron chi connectivity index (χ4n) is 4.00. The molecule has 1 atom stereocenters. The average Bonchev–Trinajstić information content (AvgIpc) is 3.09. The van der Waals surface area contributed by atoms with Crippen molar-refractivity contribution in [3.63, 3.8) is 0 Å². The van der Waals surface area contributed by atoms with Crippen LogP contribution in [0.5, 0.6) is 0 Å². The smallest absolute Gasteiger partial charge is 0.244 e. The summed E-state index contributed by atoms with van der Waals surface area (Å²) in [5, 5.41) is 3.23. The highest BCUT2D eigenvalue weighted by molar-refractivity contribution is 7.89. The van der Waals surface area contributed by atoms with Gasteiger partial charge < -0.3 is 5.32 Å². The first kappa shape index (κ1) is 25.9. The summed E-state index contributed by atoms with van der Waals surface area (Å²) in [5.41, 5.74) is 0. The molecule has 1 unspecified atom stereocenters. The van der Waals surface area contributed by atoms with Gasteiger partial charge in [-0.15, -0.1) is 0 Å². The van der Waals surface area contributed by atoms with E-state index in [2.05, 4.69) is 5.32 Å². The van der Waals surface area contributed by atoms with Crippen molar-refractivity contribution in [3.05, 3.63) is 50.1 Å². The highest BCUT2D eigenvalue weighted by atomic mass is 35.5. The molecular weight excluding hydrogens is 408 g/mol. The van der Waals surface area contributed by atoms with Crippen molar-refractivity contribution in [3.8, 4) is 0 Å². The van der Waals surface area contributed by atoms with Crippen LogP contribution in [0.1, 0.15) is 57.8 Å². The summed E-state index contributed by atoms with van der Waals surface area (Å²) >= 11 is 6.11. The number of benzene rings is 1. The van der Waals surface area contributed by atoms with E-state index >= 15 is 0 Å². The van der Waals surface area contributed by atoms with Crippen LogP contribution in [0.15, 0.2) is 29.2 Å². The van der Waals surface area contributed by atoms with Crippen molar-refractivity contribution >= 4 is 27.5 Å². The van der Waals surface area contributed by atoms with Gasteiger partial charge in [0.1, 0.15) is 4.90 Å². The zero-order valence-electron chi connectivity index (χ0n) is 17.0. The van der Waals surface area contributed by atoms with Gasteiger partial charge in [-0.25, -0.2) is 8.42 Å². The molecule has 0 bridgehead atoms. The fourth-order valence-corrected chi connectivity index (χ4v) is 6.19. The van der Waals surface area contributed by atoms with Crippen LogP contribution in [0.2, 0.25) is 5.02 Å². The van der Waals surface area contributed by atoms with Crippen LogP contribution in [0.4, 0.5) is 0 Å². The molecule has 1 amide bonds. The molecule has 1 saturated heterocycles. The number of nitrogens with one attached hydrogen (secondary N) is 1. The lowest BCUT2D eigenvalue weighted by atomic mass is 9.90. The number of carbonyl (C=O) groups is 1. The van der Waals surface area contributed by atoms with Crippen LogP contribution in [0.25, 0.3) is 0 Å². The molecule has 1 heterocycles. The summed E-state index contributed by atoms with van der Waals surface area (Å²) in [7, 11) is -3.66. The van der Waals surface area contributed by atoms with Crippen LogP contribution in [-0.2, 0) is 14.8 Å². The Balaban J connectivity index is 0.00000210. The van der Waals surface area contributed by atoms with Crippen molar-refractivity contribution in [1.82, 2.24) is 9.62 Å². The first-order valence-electron chi connectivity index (χ1n) is 9.89. The first-order chi connectivity index (χ1) is 13.0. The van der Waals surface area contributed by atoms with Gasteiger partial charge in [0, 0.05) is 19.1 Å². The van der Waals surface area contributed by atoms with Gasteiger partial charge in [-0.3, -0.25) is 4.79 Å². The molecular formula is C22H32ClN2O3S. The van der Waals surface area contributed by atoms with Gasteiger partial charge in [0.25, 0.3) is 0 Å². The molecule has 3 rings (SSSR count). The minimum absolute atomic E-state index is 0. The van der Waals surface area contributed by atoms with Gasteiger partial charge in [-0.1, -0.05) is 70.7 Å². The van der Waals surface area contributed by atoms with Gasteiger partial charge in [0.2, 0.25) is 15.9 Å². The Bertz CT molecular complexity index is 746. The summed E-state index contributed by atoms with van der Waals surface area (Å²) in [6.45, 7) is 0.816. The summed E-state index contributed by atoms with van der Waals surface area (Å²) in [5.74, 6) is 0.965.